The first-order valence-corrected chi connectivity index (χ1v) is 8.07. The van der Waals surface area contributed by atoms with Crippen LogP contribution in [0.25, 0.3) is 0 Å². The van der Waals surface area contributed by atoms with Gasteiger partial charge in [0.15, 0.2) is 0 Å². The summed E-state index contributed by atoms with van der Waals surface area (Å²) in [7, 11) is 1.32. The van der Waals surface area contributed by atoms with Crippen LogP contribution in [-0.2, 0) is 16.2 Å². The molecule has 6 heteroatoms. The Balaban J connectivity index is 2.06. The molecule has 0 unspecified atom stereocenters. The molecule has 0 fully saturated rings. The maximum Gasteiger partial charge on any atom is 0.411 e. The molecule has 1 N–H and O–H groups in total. The van der Waals surface area contributed by atoms with Crippen LogP contribution in [0.2, 0.25) is 0 Å². The van der Waals surface area contributed by atoms with Crippen LogP contribution in [0.3, 0.4) is 0 Å². The number of rotatable bonds is 8. The molecule has 0 spiro atoms. The number of methoxy groups -OCH3 is 1. The van der Waals surface area contributed by atoms with Crippen molar-refractivity contribution in [3.63, 3.8) is 0 Å². The molecule has 0 aromatic heterocycles. The Morgan fingerprint density at radius 1 is 1.23 bits per heavy atom. The van der Waals surface area contributed by atoms with Crippen LogP contribution in [0.4, 0.5) is 10.5 Å². The lowest BCUT2D eigenvalue weighted by atomic mass is 10.1. The number of hydrogen-bond acceptors (Lipinski definition) is 5. The molecule has 0 aliphatic carbocycles. The molecule has 0 radical (unpaired) electrons. The van der Waals surface area contributed by atoms with Crippen molar-refractivity contribution >= 4 is 17.5 Å². The van der Waals surface area contributed by atoms with E-state index in [2.05, 4.69) is 21.8 Å². The average molecular weight is 354 g/mol. The van der Waals surface area contributed by atoms with Crippen molar-refractivity contribution in [3.05, 3.63) is 72.3 Å². The molecular weight excluding hydrogens is 332 g/mol. The summed E-state index contributed by atoms with van der Waals surface area (Å²) in [5.41, 5.74) is 3.12. The van der Waals surface area contributed by atoms with Crippen molar-refractivity contribution in [1.29, 1.82) is 0 Å². The first kappa shape index (κ1) is 19.1. The maximum absolute atomic E-state index is 11.4. The minimum Gasteiger partial charge on any atom is -0.489 e. The van der Waals surface area contributed by atoms with Gasteiger partial charge in [0.05, 0.1) is 18.5 Å². The van der Waals surface area contributed by atoms with Gasteiger partial charge < -0.3 is 14.3 Å². The summed E-state index contributed by atoms with van der Waals surface area (Å²) in [5, 5.41) is 6.70. The third-order valence-electron chi connectivity index (χ3n) is 3.48. The number of benzene rings is 2. The van der Waals surface area contributed by atoms with Gasteiger partial charge in [-0.15, -0.1) is 0 Å². The molecule has 26 heavy (non-hydrogen) atoms. The summed E-state index contributed by atoms with van der Waals surface area (Å²) in [5.74, 6) is 0.689. The third-order valence-corrected chi connectivity index (χ3v) is 3.48. The number of anilines is 1. The minimum absolute atomic E-state index is 0.298. The van der Waals surface area contributed by atoms with Crippen molar-refractivity contribution < 1.29 is 19.1 Å². The van der Waals surface area contributed by atoms with Crippen LogP contribution in [0, 0.1) is 0 Å². The van der Waals surface area contributed by atoms with Crippen molar-refractivity contribution in [1.82, 2.24) is 0 Å². The maximum atomic E-state index is 11.4. The van der Waals surface area contributed by atoms with Gasteiger partial charge in [-0.1, -0.05) is 48.1 Å². The zero-order chi connectivity index (χ0) is 18.8. The lowest BCUT2D eigenvalue weighted by Gasteiger charge is -2.12. The molecule has 0 aliphatic rings. The van der Waals surface area contributed by atoms with Gasteiger partial charge in [0.25, 0.3) is 0 Å². The lowest BCUT2D eigenvalue weighted by molar-refractivity contribution is 0.175. The average Bonchev–Trinajstić information content (AvgIpc) is 2.67. The molecule has 0 heterocycles. The fourth-order valence-electron chi connectivity index (χ4n) is 2.14. The van der Waals surface area contributed by atoms with Crippen LogP contribution in [0.1, 0.15) is 18.1 Å². The van der Waals surface area contributed by atoms with E-state index >= 15 is 0 Å². The Morgan fingerprint density at radius 2 is 2.04 bits per heavy atom. The Morgan fingerprint density at radius 3 is 2.81 bits per heavy atom. The molecule has 0 atom stereocenters. The lowest BCUT2D eigenvalue weighted by Crippen LogP contribution is -2.13. The van der Waals surface area contributed by atoms with Crippen LogP contribution < -0.4 is 10.1 Å². The second-order valence-electron chi connectivity index (χ2n) is 5.35. The molecule has 136 valence electrons. The zero-order valence-corrected chi connectivity index (χ0v) is 14.9. The van der Waals surface area contributed by atoms with E-state index in [0.717, 1.165) is 16.8 Å². The fraction of sp³-hybridized carbons (Fsp3) is 0.200. The van der Waals surface area contributed by atoms with Crippen molar-refractivity contribution in [3.8, 4) is 5.75 Å². The number of nitrogens with zero attached hydrogens (tertiary/aromatic N) is 1. The number of para-hydroxylation sites is 1. The molecule has 0 bridgehead atoms. The van der Waals surface area contributed by atoms with Crippen molar-refractivity contribution in [2.75, 3.05) is 19.0 Å². The van der Waals surface area contributed by atoms with Crippen molar-refractivity contribution in [2.45, 2.75) is 13.5 Å². The molecule has 2 rings (SSSR count). The highest BCUT2D eigenvalue weighted by molar-refractivity contribution is 5.98. The van der Waals surface area contributed by atoms with E-state index in [1.807, 2.05) is 49.4 Å². The van der Waals surface area contributed by atoms with E-state index in [1.54, 1.807) is 12.1 Å². The number of ether oxygens (including phenoxy) is 2. The SMILES string of the molecule is C=CCO/N=C(\C)c1cccc(OCc2ccccc2NC(=O)OC)c1. The first-order chi connectivity index (χ1) is 12.6. The first-order valence-electron chi connectivity index (χ1n) is 8.07. The smallest absolute Gasteiger partial charge is 0.411 e. The van der Waals surface area contributed by atoms with Gasteiger partial charge in [0.1, 0.15) is 19.0 Å². The molecule has 0 aliphatic heterocycles. The van der Waals surface area contributed by atoms with Crippen LogP contribution in [0.5, 0.6) is 5.75 Å². The largest absolute Gasteiger partial charge is 0.489 e. The van der Waals surface area contributed by atoms with Gasteiger partial charge in [-0.3, -0.25) is 5.32 Å². The Kier molecular flexibility index (Phi) is 7.24. The Bertz CT molecular complexity index is 787. The minimum atomic E-state index is -0.522. The second kappa shape index (κ2) is 9.88. The molecule has 2 aromatic rings. The number of carbonyl (C=O) groups excluding carboxylic acids is 1. The Hall–Kier alpha value is -3.28. The number of hydrogen-bond donors (Lipinski definition) is 1. The molecular formula is C20H22N2O4. The summed E-state index contributed by atoms with van der Waals surface area (Å²) >= 11 is 0. The quantitative estimate of drug-likeness (QED) is 0.331. The Labute approximate surface area is 153 Å². The number of nitrogens with one attached hydrogen (secondary N) is 1. The summed E-state index contributed by atoms with van der Waals surface area (Å²) in [6.07, 6.45) is 1.11. The summed E-state index contributed by atoms with van der Waals surface area (Å²) < 4.78 is 10.5. The van der Waals surface area contributed by atoms with Crippen LogP contribution in [-0.4, -0.2) is 25.5 Å². The topological polar surface area (TPSA) is 69.2 Å². The van der Waals surface area contributed by atoms with E-state index in [1.165, 1.54) is 7.11 Å². The van der Waals surface area contributed by atoms with Crippen molar-refractivity contribution in [2.24, 2.45) is 5.16 Å². The highest BCUT2D eigenvalue weighted by Gasteiger charge is 2.07. The molecule has 6 nitrogen and oxygen atoms in total. The van der Waals surface area contributed by atoms with Gasteiger partial charge in [0.2, 0.25) is 0 Å². The summed E-state index contributed by atoms with van der Waals surface area (Å²) in [4.78, 5) is 16.5. The predicted octanol–water partition coefficient (Wildman–Crippen LogP) is 4.37. The van der Waals surface area contributed by atoms with E-state index < -0.39 is 6.09 Å². The highest BCUT2D eigenvalue weighted by atomic mass is 16.6. The van der Waals surface area contributed by atoms with Crippen LogP contribution in [0.15, 0.2) is 66.3 Å². The predicted molar refractivity (Wildman–Crippen MR) is 102 cm³/mol. The monoisotopic (exact) mass is 354 g/mol. The van der Waals surface area contributed by atoms with E-state index in [0.29, 0.717) is 24.7 Å². The highest BCUT2D eigenvalue weighted by Crippen LogP contribution is 2.20. The molecule has 1 amide bonds. The van der Waals surface area contributed by atoms with E-state index in [4.69, 9.17) is 9.57 Å². The van der Waals surface area contributed by atoms with Gasteiger partial charge in [0, 0.05) is 11.1 Å². The van der Waals surface area contributed by atoms with Crippen LogP contribution >= 0.6 is 0 Å². The van der Waals surface area contributed by atoms with Gasteiger partial charge >= 0.3 is 6.09 Å². The summed E-state index contributed by atoms with van der Waals surface area (Å²) in [6, 6.07) is 14.9. The third kappa shape index (κ3) is 5.66. The van der Waals surface area contributed by atoms with E-state index in [-0.39, 0.29) is 0 Å². The zero-order valence-electron chi connectivity index (χ0n) is 14.9. The molecule has 0 saturated carbocycles. The number of amides is 1. The standard InChI is InChI=1S/C20H22N2O4/c1-4-12-26-22-15(2)16-9-7-10-18(13-16)25-14-17-8-5-6-11-19(17)21-20(23)24-3/h4-11,13H,1,12,14H2,2-3H3,(H,21,23)/b22-15+. The second-order valence-corrected chi connectivity index (χ2v) is 5.35. The number of oxime groups is 1. The van der Waals surface area contributed by atoms with Gasteiger partial charge in [-0.25, -0.2) is 4.79 Å². The van der Waals surface area contributed by atoms with E-state index in [9.17, 15) is 4.79 Å². The molecule has 2 aromatic carbocycles. The number of carbonyl (C=O) groups is 1. The normalized spacial score (nSPS) is 10.8. The van der Waals surface area contributed by atoms with Gasteiger partial charge in [-0.2, -0.15) is 0 Å². The van der Waals surface area contributed by atoms with Gasteiger partial charge in [-0.05, 0) is 25.1 Å². The summed E-state index contributed by atoms with van der Waals surface area (Å²) in [6.45, 7) is 6.10. The fourth-order valence-corrected chi connectivity index (χ4v) is 2.14. The molecule has 0 saturated heterocycles.